The number of benzene rings is 2. The average molecular weight is 315 g/mol. The normalized spacial score (nSPS) is 9.73. The number of hydrazine groups is 1. The van der Waals surface area contributed by atoms with Crippen molar-refractivity contribution in [3.63, 3.8) is 0 Å². The van der Waals surface area contributed by atoms with Crippen molar-refractivity contribution >= 4 is 28.9 Å². The van der Waals surface area contributed by atoms with Gasteiger partial charge in [-0.1, -0.05) is 17.7 Å². The van der Waals surface area contributed by atoms with Gasteiger partial charge in [-0.25, -0.2) is 0 Å². The Hall–Kier alpha value is -2.60. The first kappa shape index (κ1) is 15.8. The van der Waals surface area contributed by atoms with Gasteiger partial charge in [0.2, 0.25) is 0 Å². The molecule has 0 atom stereocenters. The summed E-state index contributed by atoms with van der Waals surface area (Å²) in [4.78, 5) is 11.9. The molecular formula is C16H17N3O2S. The molecule has 2 rings (SSSR count). The molecule has 0 fully saturated rings. The second kappa shape index (κ2) is 7.42. The van der Waals surface area contributed by atoms with Crippen LogP contribution in [0.5, 0.6) is 5.75 Å². The summed E-state index contributed by atoms with van der Waals surface area (Å²) in [6.07, 6.45) is 0. The summed E-state index contributed by atoms with van der Waals surface area (Å²) in [6.45, 7) is 1.97. The first-order chi connectivity index (χ1) is 10.6. The SMILES string of the molecule is COc1ccc(NC(=S)NNC(=O)c2ccc(C)cc2)cc1. The molecule has 0 aliphatic heterocycles. The van der Waals surface area contributed by atoms with Crippen molar-refractivity contribution < 1.29 is 9.53 Å². The lowest BCUT2D eigenvalue weighted by Crippen LogP contribution is -2.43. The number of hydrogen-bond acceptors (Lipinski definition) is 3. The fourth-order valence-electron chi connectivity index (χ4n) is 1.73. The number of ether oxygens (including phenoxy) is 1. The molecular weight excluding hydrogens is 298 g/mol. The summed E-state index contributed by atoms with van der Waals surface area (Å²) in [5.41, 5.74) is 7.66. The highest BCUT2D eigenvalue weighted by molar-refractivity contribution is 7.80. The van der Waals surface area contributed by atoms with E-state index in [4.69, 9.17) is 17.0 Å². The molecule has 1 amide bonds. The largest absolute Gasteiger partial charge is 0.497 e. The zero-order valence-corrected chi connectivity index (χ0v) is 13.2. The van der Waals surface area contributed by atoms with Gasteiger partial charge >= 0.3 is 0 Å². The number of amides is 1. The Morgan fingerprint density at radius 2 is 1.64 bits per heavy atom. The monoisotopic (exact) mass is 315 g/mol. The molecule has 2 aromatic rings. The van der Waals surface area contributed by atoms with Crippen molar-refractivity contribution in [3.8, 4) is 5.75 Å². The highest BCUT2D eigenvalue weighted by Gasteiger charge is 2.05. The molecule has 0 radical (unpaired) electrons. The van der Waals surface area contributed by atoms with Crippen LogP contribution in [0.4, 0.5) is 5.69 Å². The Bertz CT molecular complexity index is 654. The van der Waals surface area contributed by atoms with Crippen LogP contribution in [0.25, 0.3) is 0 Å². The van der Waals surface area contributed by atoms with E-state index in [-0.39, 0.29) is 5.91 Å². The number of carbonyl (C=O) groups excluding carboxylic acids is 1. The van der Waals surface area contributed by atoms with E-state index >= 15 is 0 Å². The van der Waals surface area contributed by atoms with E-state index in [1.54, 1.807) is 19.2 Å². The van der Waals surface area contributed by atoms with E-state index in [1.165, 1.54) is 0 Å². The van der Waals surface area contributed by atoms with Gasteiger partial charge in [0, 0.05) is 11.3 Å². The molecule has 0 aromatic heterocycles. The Balaban J connectivity index is 1.84. The van der Waals surface area contributed by atoms with Gasteiger partial charge in [-0.05, 0) is 55.5 Å². The Morgan fingerprint density at radius 3 is 2.23 bits per heavy atom. The quantitative estimate of drug-likeness (QED) is 0.600. The van der Waals surface area contributed by atoms with Crippen molar-refractivity contribution in [1.29, 1.82) is 0 Å². The Labute approximate surface area is 134 Å². The summed E-state index contributed by atoms with van der Waals surface area (Å²) >= 11 is 5.12. The maximum Gasteiger partial charge on any atom is 0.269 e. The van der Waals surface area contributed by atoms with E-state index in [1.807, 2.05) is 43.3 Å². The van der Waals surface area contributed by atoms with Crippen LogP contribution < -0.4 is 20.9 Å². The van der Waals surface area contributed by atoms with E-state index in [0.29, 0.717) is 10.7 Å². The van der Waals surface area contributed by atoms with E-state index < -0.39 is 0 Å². The van der Waals surface area contributed by atoms with E-state index in [9.17, 15) is 4.79 Å². The maximum absolute atomic E-state index is 11.9. The maximum atomic E-state index is 11.9. The van der Waals surface area contributed by atoms with Crippen molar-refractivity contribution in [1.82, 2.24) is 10.9 Å². The number of aryl methyl sites for hydroxylation is 1. The highest BCUT2D eigenvalue weighted by Crippen LogP contribution is 2.14. The van der Waals surface area contributed by atoms with Crippen molar-refractivity contribution in [2.24, 2.45) is 0 Å². The van der Waals surface area contributed by atoms with Crippen molar-refractivity contribution in [2.75, 3.05) is 12.4 Å². The smallest absolute Gasteiger partial charge is 0.269 e. The van der Waals surface area contributed by atoms with Gasteiger partial charge < -0.3 is 10.1 Å². The fraction of sp³-hybridized carbons (Fsp3) is 0.125. The second-order valence-electron chi connectivity index (χ2n) is 4.63. The van der Waals surface area contributed by atoms with Crippen LogP contribution in [0.3, 0.4) is 0 Å². The fourth-order valence-corrected chi connectivity index (χ4v) is 1.90. The molecule has 0 spiro atoms. The number of methoxy groups -OCH3 is 1. The zero-order valence-electron chi connectivity index (χ0n) is 12.3. The third-order valence-electron chi connectivity index (χ3n) is 2.95. The minimum Gasteiger partial charge on any atom is -0.497 e. The van der Waals surface area contributed by atoms with E-state index in [0.717, 1.165) is 17.0 Å². The van der Waals surface area contributed by atoms with Gasteiger partial charge in [-0.2, -0.15) is 0 Å². The number of carbonyl (C=O) groups is 1. The van der Waals surface area contributed by atoms with Crippen LogP contribution in [-0.2, 0) is 0 Å². The molecule has 2 aromatic carbocycles. The summed E-state index contributed by atoms with van der Waals surface area (Å²) in [5, 5.41) is 3.26. The van der Waals surface area contributed by atoms with Gasteiger partial charge in [0.1, 0.15) is 5.75 Å². The van der Waals surface area contributed by atoms with Gasteiger partial charge in [-0.3, -0.25) is 15.6 Å². The molecule has 0 heterocycles. The van der Waals surface area contributed by atoms with Crippen LogP contribution in [0, 0.1) is 6.92 Å². The van der Waals surface area contributed by atoms with Gasteiger partial charge in [-0.15, -0.1) is 0 Å². The van der Waals surface area contributed by atoms with Crippen LogP contribution in [0.1, 0.15) is 15.9 Å². The number of thiocarbonyl (C=S) groups is 1. The minimum atomic E-state index is -0.251. The number of nitrogens with one attached hydrogen (secondary N) is 3. The molecule has 5 nitrogen and oxygen atoms in total. The molecule has 114 valence electrons. The van der Waals surface area contributed by atoms with E-state index in [2.05, 4.69) is 16.2 Å². The lowest BCUT2D eigenvalue weighted by molar-refractivity contribution is 0.0944. The van der Waals surface area contributed by atoms with Crippen molar-refractivity contribution in [2.45, 2.75) is 6.92 Å². The predicted octanol–water partition coefficient (Wildman–Crippen LogP) is 2.64. The zero-order chi connectivity index (χ0) is 15.9. The molecule has 0 aliphatic carbocycles. The van der Waals surface area contributed by atoms with Crippen LogP contribution >= 0.6 is 12.2 Å². The first-order valence-electron chi connectivity index (χ1n) is 6.66. The molecule has 22 heavy (non-hydrogen) atoms. The molecule has 6 heteroatoms. The molecule has 0 saturated carbocycles. The van der Waals surface area contributed by atoms with Gasteiger partial charge in [0.05, 0.1) is 7.11 Å². The molecule has 0 saturated heterocycles. The molecule has 3 N–H and O–H groups in total. The van der Waals surface area contributed by atoms with Crippen LogP contribution in [-0.4, -0.2) is 18.1 Å². The summed E-state index contributed by atoms with van der Waals surface area (Å²) < 4.78 is 5.08. The topological polar surface area (TPSA) is 62.4 Å². The Morgan fingerprint density at radius 1 is 1.00 bits per heavy atom. The molecule has 0 unspecified atom stereocenters. The second-order valence-corrected chi connectivity index (χ2v) is 5.04. The average Bonchev–Trinajstić information content (AvgIpc) is 2.54. The van der Waals surface area contributed by atoms with Gasteiger partial charge in [0.25, 0.3) is 5.91 Å². The molecule has 0 bridgehead atoms. The predicted molar refractivity (Wildman–Crippen MR) is 91.0 cm³/mol. The summed E-state index contributed by atoms with van der Waals surface area (Å²) in [6, 6.07) is 14.6. The van der Waals surface area contributed by atoms with Crippen molar-refractivity contribution in [3.05, 3.63) is 59.7 Å². The summed E-state index contributed by atoms with van der Waals surface area (Å²) in [5.74, 6) is 0.510. The molecule has 0 aliphatic rings. The van der Waals surface area contributed by atoms with Crippen LogP contribution in [0.15, 0.2) is 48.5 Å². The highest BCUT2D eigenvalue weighted by atomic mass is 32.1. The van der Waals surface area contributed by atoms with Gasteiger partial charge in [0.15, 0.2) is 5.11 Å². The summed E-state index contributed by atoms with van der Waals surface area (Å²) in [7, 11) is 1.61. The van der Waals surface area contributed by atoms with Crippen LogP contribution in [0.2, 0.25) is 0 Å². The lowest BCUT2D eigenvalue weighted by Gasteiger charge is -2.12. The minimum absolute atomic E-state index is 0.251. The number of anilines is 1. The third-order valence-corrected chi connectivity index (χ3v) is 3.16. The number of hydrogen-bond donors (Lipinski definition) is 3. The number of rotatable bonds is 3. The standard InChI is InChI=1S/C16H17N3O2S/c1-11-3-5-12(6-4-11)15(20)18-19-16(22)17-13-7-9-14(21-2)10-8-13/h3-10H,1-2H3,(H,18,20)(H2,17,19,22). The lowest BCUT2D eigenvalue weighted by atomic mass is 10.1. The third kappa shape index (κ3) is 4.46. The Kier molecular flexibility index (Phi) is 5.32. The first-order valence-corrected chi connectivity index (χ1v) is 7.07.